The summed E-state index contributed by atoms with van der Waals surface area (Å²) in [6.07, 6.45) is -9.48. The minimum Gasteiger partial charge on any atom is -0.374 e. The van der Waals surface area contributed by atoms with Gasteiger partial charge >= 0.3 is 29.9 Å². The van der Waals surface area contributed by atoms with E-state index in [1.807, 2.05) is 0 Å². The molecule has 0 bridgehead atoms. The minimum atomic E-state index is -7.43. The average Bonchev–Trinajstić information content (AvgIpc) is 2.52. The van der Waals surface area contributed by atoms with E-state index in [0.717, 1.165) is 20.1 Å². The molecule has 1 rings (SSSR count). The number of halogens is 12. The van der Waals surface area contributed by atoms with Gasteiger partial charge in [0, 0.05) is 10.7 Å². The Bertz CT molecular complexity index is 701. The molecule has 0 fully saturated rings. The fourth-order valence-corrected chi connectivity index (χ4v) is 2.79. The molecular weight excluding hydrogens is 532 g/mol. The third-order valence-electron chi connectivity index (χ3n) is 4.05. The Morgan fingerprint density at radius 3 is 1.71 bits per heavy atom. The van der Waals surface area contributed by atoms with Crippen molar-refractivity contribution < 1.29 is 53.0 Å². The van der Waals surface area contributed by atoms with Crippen LogP contribution in [-0.2, 0) is 10.3 Å². The lowest BCUT2D eigenvalue weighted by Crippen LogP contribution is -2.67. The summed E-state index contributed by atoms with van der Waals surface area (Å²) in [5.41, 5.74) is -2.61. The van der Waals surface area contributed by atoms with Gasteiger partial charge in [-0.05, 0) is 47.2 Å². The molecule has 0 aliphatic rings. The van der Waals surface area contributed by atoms with E-state index in [2.05, 4.69) is 0 Å². The molecule has 0 aromatic heterocycles. The lowest BCUT2D eigenvalue weighted by atomic mass is 9.85. The second-order valence-electron chi connectivity index (χ2n) is 6.05. The van der Waals surface area contributed by atoms with Crippen LogP contribution in [-0.4, -0.2) is 37.0 Å². The Morgan fingerprint density at radius 2 is 1.32 bits per heavy atom. The van der Waals surface area contributed by atoms with Crippen LogP contribution in [0.3, 0.4) is 0 Å². The summed E-state index contributed by atoms with van der Waals surface area (Å²) in [5.74, 6) is -27.9. The molecule has 0 radical (unpaired) electrons. The Kier molecular flexibility index (Phi) is 6.68. The van der Waals surface area contributed by atoms with Gasteiger partial charge in [0.1, 0.15) is 0 Å². The number of alkyl halides is 11. The molecule has 1 atom stereocenters. The Balaban J connectivity index is 3.43. The molecule has 0 aliphatic heterocycles. The zero-order chi connectivity index (χ0) is 22.4. The number of hydrogen-bond donors (Lipinski definition) is 0. The first-order valence-corrected chi connectivity index (χ1v) is 8.24. The molecule has 0 aliphatic carbocycles. The molecule has 1 aromatic carbocycles. The van der Waals surface area contributed by atoms with Crippen molar-refractivity contribution in [2.45, 2.75) is 48.8 Å². The highest BCUT2D eigenvalue weighted by molar-refractivity contribution is 14.1. The molecule has 1 unspecified atom stereocenters. The van der Waals surface area contributed by atoms with Crippen LogP contribution in [0.5, 0.6) is 0 Å². The van der Waals surface area contributed by atoms with Crippen molar-refractivity contribution in [1.29, 1.82) is 0 Å². The molecule has 1 nitrogen and oxygen atoms in total. The highest BCUT2D eigenvalue weighted by atomic mass is 127. The second-order valence-corrected chi connectivity index (χ2v) is 7.29. The van der Waals surface area contributed by atoms with Crippen LogP contribution in [0.4, 0.5) is 48.3 Å². The summed E-state index contributed by atoms with van der Waals surface area (Å²) in [6.45, 7) is 0.780. The molecule has 0 heterocycles. The zero-order valence-corrected chi connectivity index (χ0v) is 16.1. The summed E-state index contributed by atoms with van der Waals surface area (Å²) >= 11 is 1.71. The van der Waals surface area contributed by atoms with Gasteiger partial charge < -0.3 is 4.74 Å². The van der Waals surface area contributed by atoms with Gasteiger partial charge in [-0.15, -0.1) is 0 Å². The Morgan fingerprint density at radius 1 is 0.821 bits per heavy atom. The molecule has 0 saturated heterocycles. The summed E-state index contributed by atoms with van der Waals surface area (Å²) in [5, 5.41) is 0. The number of ether oxygens (including phenoxy) is 1. The molecule has 28 heavy (non-hydrogen) atoms. The maximum Gasteiger partial charge on any atom is 0.460 e. The van der Waals surface area contributed by atoms with Crippen molar-refractivity contribution in [3.05, 3.63) is 33.4 Å². The van der Waals surface area contributed by atoms with Crippen molar-refractivity contribution >= 4 is 22.6 Å². The van der Waals surface area contributed by atoms with Gasteiger partial charge in [-0.25, -0.2) is 0 Å². The van der Waals surface area contributed by atoms with Crippen LogP contribution >= 0.6 is 22.6 Å². The topological polar surface area (TPSA) is 9.23 Å². The molecule has 0 amide bonds. The van der Waals surface area contributed by atoms with Gasteiger partial charge in [0.05, 0.1) is 12.0 Å². The third kappa shape index (κ3) is 4.05. The standard InChI is InChI=1S/C15H12F11IO/c1-10(28-2,8-4-3-5-9(27)6-8)7-11(16,17)12(18,19)13(20,21)14(22,23)15(24,25)26/h3-6H,7H2,1-2H3. The van der Waals surface area contributed by atoms with E-state index in [4.69, 9.17) is 4.74 Å². The predicted molar refractivity (Wildman–Crippen MR) is 84.0 cm³/mol. The molecule has 13 heteroatoms. The van der Waals surface area contributed by atoms with Crippen LogP contribution in [0, 0.1) is 3.57 Å². The first-order valence-electron chi connectivity index (χ1n) is 7.16. The van der Waals surface area contributed by atoms with Gasteiger partial charge in [-0.1, -0.05) is 12.1 Å². The van der Waals surface area contributed by atoms with Crippen LogP contribution in [0.25, 0.3) is 0 Å². The van der Waals surface area contributed by atoms with Crippen molar-refractivity contribution in [3.8, 4) is 0 Å². The second kappa shape index (κ2) is 7.43. The average molecular weight is 544 g/mol. The summed E-state index contributed by atoms with van der Waals surface area (Å²) in [4.78, 5) is 0. The molecule has 0 spiro atoms. The maximum absolute atomic E-state index is 14.1. The lowest BCUT2D eigenvalue weighted by Gasteiger charge is -2.40. The van der Waals surface area contributed by atoms with Gasteiger partial charge in [0.15, 0.2) is 0 Å². The molecular formula is C15H12F11IO. The van der Waals surface area contributed by atoms with Crippen molar-refractivity contribution in [3.63, 3.8) is 0 Å². The predicted octanol–water partition coefficient (Wildman–Crippen LogP) is 6.65. The highest BCUT2D eigenvalue weighted by Gasteiger charge is 2.87. The van der Waals surface area contributed by atoms with E-state index in [1.165, 1.54) is 18.2 Å². The molecule has 0 saturated carbocycles. The number of hydrogen-bond acceptors (Lipinski definition) is 1. The van der Waals surface area contributed by atoms with E-state index < -0.39 is 41.9 Å². The van der Waals surface area contributed by atoms with Gasteiger partial charge in [-0.2, -0.15) is 48.3 Å². The van der Waals surface area contributed by atoms with Gasteiger partial charge in [0.25, 0.3) is 0 Å². The van der Waals surface area contributed by atoms with Crippen molar-refractivity contribution in [1.82, 2.24) is 0 Å². The van der Waals surface area contributed by atoms with E-state index in [0.29, 0.717) is 3.57 Å². The maximum atomic E-state index is 14.1. The van der Waals surface area contributed by atoms with E-state index in [9.17, 15) is 48.3 Å². The molecule has 0 N–H and O–H groups in total. The first-order chi connectivity index (χ1) is 12.3. The first kappa shape index (κ1) is 25.2. The summed E-state index contributed by atoms with van der Waals surface area (Å²) in [6, 6.07) is 5.03. The summed E-state index contributed by atoms with van der Waals surface area (Å²) in [7, 11) is 0.760. The van der Waals surface area contributed by atoms with Crippen LogP contribution in [0.2, 0.25) is 0 Å². The fraction of sp³-hybridized carbons (Fsp3) is 0.600. The fourth-order valence-electron chi connectivity index (χ4n) is 2.25. The minimum absolute atomic E-state index is 0.205. The van der Waals surface area contributed by atoms with E-state index >= 15 is 0 Å². The molecule has 162 valence electrons. The third-order valence-corrected chi connectivity index (χ3v) is 4.72. The van der Waals surface area contributed by atoms with Gasteiger partial charge in [0.2, 0.25) is 0 Å². The smallest absolute Gasteiger partial charge is 0.374 e. The number of methoxy groups -OCH3 is 1. The van der Waals surface area contributed by atoms with Crippen molar-refractivity contribution in [2.75, 3.05) is 7.11 Å². The van der Waals surface area contributed by atoms with Crippen LogP contribution in [0.15, 0.2) is 24.3 Å². The normalized spacial score (nSPS) is 16.8. The Hall–Kier alpha value is -0.860. The lowest BCUT2D eigenvalue weighted by molar-refractivity contribution is -0.424. The number of benzene rings is 1. The monoisotopic (exact) mass is 544 g/mol. The Labute approximate surface area is 165 Å². The van der Waals surface area contributed by atoms with Crippen LogP contribution in [0.1, 0.15) is 18.9 Å². The zero-order valence-electron chi connectivity index (χ0n) is 14.0. The number of rotatable bonds is 7. The SMILES string of the molecule is COC(C)(CC(F)(F)C(F)(F)C(F)(F)C(F)(F)C(F)(F)F)c1cccc(I)c1. The van der Waals surface area contributed by atoms with Crippen molar-refractivity contribution in [2.24, 2.45) is 0 Å². The largest absolute Gasteiger partial charge is 0.460 e. The quantitative estimate of drug-likeness (QED) is 0.276. The highest BCUT2D eigenvalue weighted by Crippen LogP contribution is 2.59. The molecule has 1 aromatic rings. The van der Waals surface area contributed by atoms with E-state index in [-0.39, 0.29) is 5.56 Å². The van der Waals surface area contributed by atoms with E-state index in [1.54, 1.807) is 22.6 Å². The van der Waals surface area contributed by atoms with Crippen LogP contribution < -0.4 is 0 Å². The summed E-state index contributed by atoms with van der Waals surface area (Å²) < 4.78 is 150. The van der Waals surface area contributed by atoms with Gasteiger partial charge in [-0.3, -0.25) is 0 Å².